The van der Waals surface area contributed by atoms with Gasteiger partial charge in [-0.2, -0.15) is 0 Å². The van der Waals surface area contributed by atoms with Crippen molar-refractivity contribution in [1.82, 2.24) is 0 Å². The van der Waals surface area contributed by atoms with Gasteiger partial charge in [-0.1, -0.05) is 0 Å². The summed E-state index contributed by atoms with van der Waals surface area (Å²) in [6, 6.07) is 0. The zero-order valence-electron chi connectivity index (χ0n) is 8.30. The van der Waals surface area contributed by atoms with Gasteiger partial charge in [-0.25, -0.2) is 0 Å². The number of aliphatic hydroxyl groups is 3. The van der Waals surface area contributed by atoms with Crippen molar-refractivity contribution < 1.29 is 25.2 Å². The summed E-state index contributed by atoms with van der Waals surface area (Å²) < 4.78 is 0. The second kappa shape index (κ2) is 12.1. The smallest absolute Gasteiger partial charge is 0.303 e. The molecule has 1 atom stereocenters. The van der Waals surface area contributed by atoms with E-state index in [1.165, 1.54) is 0 Å². The van der Waals surface area contributed by atoms with E-state index < -0.39 is 31.3 Å². The van der Waals surface area contributed by atoms with E-state index in [1.54, 1.807) is 0 Å². The van der Waals surface area contributed by atoms with Crippen LogP contribution >= 0.6 is 21.6 Å². The van der Waals surface area contributed by atoms with Crippen LogP contribution in [0.15, 0.2) is 0 Å². The maximum Gasteiger partial charge on any atom is 0.303 e. The summed E-state index contributed by atoms with van der Waals surface area (Å²) in [5.74, 6) is -0.731. The van der Waals surface area contributed by atoms with Crippen molar-refractivity contribution in [2.24, 2.45) is 5.73 Å². The van der Waals surface area contributed by atoms with Gasteiger partial charge in [-0.05, 0) is 6.16 Å². The molecule has 0 saturated heterocycles. The van der Waals surface area contributed by atoms with Crippen LogP contribution in [0.5, 0.6) is 0 Å². The highest BCUT2D eigenvalue weighted by atomic mass is 35.5. The molecule has 0 amide bonds. The maximum atomic E-state index is 9.59. The van der Waals surface area contributed by atoms with Crippen molar-refractivity contribution in [3.8, 4) is 0 Å². The Labute approximate surface area is 97.1 Å². The van der Waals surface area contributed by atoms with E-state index >= 15 is 0 Å². The molecule has 8 heteroatoms. The number of nitrogens with two attached hydrogens (primary N) is 1. The number of carbonyl (C=O) groups is 1. The third kappa shape index (κ3) is 14.0. The summed E-state index contributed by atoms with van der Waals surface area (Å²) in [4.78, 5) is 9.59. The molecule has 0 radical (unpaired) electrons. The van der Waals surface area contributed by atoms with Crippen molar-refractivity contribution in [2.75, 3.05) is 26.0 Å². The summed E-state index contributed by atoms with van der Waals surface area (Å²) >= 11 is 0. The van der Waals surface area contributed by atoms with Crippen LogP contribution in [-0.2, 0) is 4.79 Å². The second-order valence-corrected chi connectivity index (χ2v) is 3.35. The van der Waals surface area contributed by atoms with Crippen molar-refractivity contribution in [3.05, 3.63) is 0 Å². The average molecular weight is 264 g/mol. The molecule has 6 nitrogen and oxygen atoms in total. The first-order valence-corrected chi connectivity index (χ1v) is 4.80. The van der Waals surface area contributed by atoms with Gasteiger partial charge in [0.15, 0.2) is 0 Å². The Morgan fingerprint density at radius 3 is 1.53 bits per heavy atom. The molecule has 0 aromatic carbocycles. The van der Waals surface area contributed by atoms with Crippen LogP contribution in [0.2, 0.25) is 0 Å². The van der Waals surface area contributed by atoms with Gasteiger partial charge in [-0.15, -0.1) is 21.6 Å². The van der Waals surface area contributed by atoms with Gasteiger partial charge in [0, 0.05) is 6.42 Å². The highest BCUT2D eigenvalue weighted by molar-refractivity contribution is 7.16. The molecule has 1 unspecified atom stereocenters. The summed E-state index contributed by atoms with van der Waals surface area (Å²) in [5, 5.41) is 32.9. The van der Waals surface area contributed by atoms with Gasteiger partial charge in [0.1, 0.15) is 0 Å². The fourth-order valence-electron chi connectivity index (χ4n) is 0.273. The first-order chi connectivity index (χ1) is 6.45. The van der Waals surface area contributed by atoms with Gasteiger partial charge in [0.05, 0.1) is 25.4 Å². The summed E-state index contributed by atoms with van der Waals surface area (Å²) in [6.45, 7) is -1.21. The zero-order valence-corrected chi connectivity index (χ0v) is 10.3. The van der Waals surface area contributed by atoms with Crippen LogP contribution in [0.1, 0.15) is 6.42 Å². The molecule has 0 heterocycles. The van der Waals surface area contributed by atoms with Crippen LogP contribution in [0, 0.1) is 0 Å². The van der Waals surface area contributed by atoms with E-state index in [-0.39, 0.29) is 18.8 Å². The van der Waals surface area contributed by atoms with Crippen molar-refractivity contribution in [2.45, 2.75) is 12.0 Å². The number of hydrogen-bond donors (Lipinski definition) is 5. The SMILES string of the molecule is Cl.NC(CO)(CO)CO.O=C(O)CCP. The Kier molecular flexibility index (Phi) is 16.5. The minimum atomic E-state index is -1.21. The largest absolute Gasteiger partial charge is 0.481 e. The summed E-state index contributed by atoms with van der Waals surface area (Å²) in [7, 11) is 2.34. The zero-order chi connectivity index (χ0) is 11.6. The highest BCUT2D eigenvalue weighted by Gasteiger charge is 2.20. The number of halogens is 1. The third-order valence-electron chi connectivity index (χ3n) is 1.30. The molecule has 0 aliphatic heterocycles. The van der Waals surface area contributed by atoms with E-state index in [9.17, 15) is 4.79 Å². The van der Waals surface area contributed by atoms with Gasteiger partial charge in [0.2, 0.25) is 0 Å². The van der Waals surface area contributed by atoms with Gasteiger partial charge >= 0.3 is 5.97 Å². The normalized spacial score (nSPS) is 9.67. The fourth-order valence-corrected chi connectivity index (χ4v) is 0.520. The number of hydrogen-bond acceptors (Lipinski definition) is 5. The number of aliphatic hydroxyl groups excluding tert-OH is 3. The summed E-state index contributed by atoms with van der Waals surface area (Å²) in [5.41, 5.74) is 3.94. The Morgan fingerprint density at radius 1 is 1.20 bits per heavy atom. The van der Waals surface area contributed by atoms with E-state index in [2.05, 4.69) is 9.24 Å². The molecule has 94 valence electrons. The standard InChI is InChI=1S/C4H11NO3.C3H7O2P.ClH/c5-4(1-6,2-7)3-8;4-3(5)1-2-6;/h6-8H,1-3,5H2;1-2,6H2,(H,4,5);1H. The topological polar surface area (TPSA) is 124 Å². The van der Waals surface area contributed by atoms with Crippen LogP contribution in [-0.4, -0.2) is 57.9 Å². The van der Waals surface area contributed by atoms with Crippen molar-refractivity contribution >= 4 is 27.6 Å². The van der Waals surface area contributed by atoms with Crippen LogP contribution < -0.4 is 5.73 Å². The number of rotatable bonds is 5. The Bertz CT molecular complexity index is 148. The van der Waals surface area contributed by atoms with Crippen LogP contribution in [0.25, 0.3) is 0 Å². The predicted octanol–water partition coefficient (Wildman–Crippen LogP) is -1.58. The lowest BCUT2D eigenvalue weighted by Gasteiger charge is -2.20. The lowest BCUT2D eigenvalue weighted by molar-refractivity contribution is -0.136. The average Bonchev–Trinajstić information content (AvgIpc) is 2.17. The molecule has 0 aromatic rings. The Morgan fingerprint density at radius 2 is 1.53 bits per heavy atom. The molecular formula is C7H19ClNO5P. The van der Waals surface area contributed by atoms with Crippen molar-refractivity contribution in [3.63, 3.8) is 0 Å². The molecular weight excluding hydrogens is 245 g/mol. The van der Waals surface area contributed by atoms with E-state index in [4.69, 9.17) is 26.2 Å². The van der Waals surface area contributed by atoms with Gasteiger partial charge in [0.25, 0.3) is 0 Å². The molecule has 0 fully saturated rings. The second-order valence-electron chi connectivity index (χ2n) is 2.77. The first-order valence-electron chi connectivity index (χ1n) is 3.99. The first kappa shape index (κ1) is 20.4. The van der Waals surface area contributed by atoms with Crippen LogP contribution in [0.4, 0.5) is 0 Å². The molecule has 0 rings (SSSR count). The number of carboxylic acid groups (broad SMARTS) is 1. The molecule has 15 heavy (non-hydrogen) atoms. The lowest BCUT2D eigenvalue weighted by Crippen LogP contribution is -2.50. The van der Waals surface area contributed by atoms with E-state index in [1.807, 2.05) is 0 Å². The quantitative estimate of drug-likeness (QED) is 0.381. The minimum absolute atomic E-state index is 0. The third-order valence-corrected chi connectivity index (χ3v) is 1.59. The number of aliphatic carboxylic acids is 1. The predicted molar refractivity (Wildman–Crippen MR) is 62.3 cm³/mol. The monoisotopic (exact) mass is 263 g/mol. The van der Waals surface area contributed by atoms with Crippen LogP contribution in [0.3, 0.4) is 0 Å². The molecule has 0 saturated carbocycles. The van der Waals surface area contributed by atoms with E-state index in [0.29, 0.717) is 6.16 Å². The number of carboxylic acids is 1. The Balaban J connectivity index is -0.000000187. The molecule has 0 bridgehead atoms. The molecule has 6 N–H and O–H groups in total. The van der Waals surface area contributed by atoms with Gasteiger partial charge < -0.3 is 26.2 Å². The minimum Gasteiger partial charge on any atom is -0.481 e. The highest BCUT2D eigenvalue weighted by Crippen LogP contribution is 1.93. The fraction of sp³-hybridized carbons (Fsp3) is 0.857. The molecule has 0 aliphatic rings. The molecule has 0 spiro atoms. The van der Waals surface area contributed by atoms with Crippen molar-refractivity contribution in [1.29, 1.82) is 0 Å². The maximum absolute atomic E-state index is 9.59. The Hall–Kier alpha value is 0.0300. The van der Waals surface area contributed by atoms with Gasteiger partial charge in [-0.3, -0.25) is 4.79 Å². The molecule has 0 aromatic heterocycles. The molecule has 0 aliphatic carbocycles. The summed E-state index contributed by atoms with van der Waals surface area (Å²) in [6.07, 6.45) is 0.903. The van der Waals surface area contributed by atoms with E-state index in [0.717, 1.165) is 0 Å². The lowest BCUT2D eigenvalue weighted by atomic mass is 10.1.